The van der Waals surface area contributed by atoms with Crippen molar-refractivity contribution >= 4 is 40.7 Å². The fraction of sp³-hybridized carbons (Fsp3) is 0.125. The summed E-state index contributed by atoms with van der Waals surface area (Å²) < 4.78 is 13.1. The molecule has 0 saturated carbocycles. The maximum atomic E-state index is 12.5. The van der Waals surface area contributed by atoms with Crippen molar-refractivity contribution in [3.05, 3.63) is 84.1 Å². The van der Waals surface area contributed by atoms with Gasteiger partial charge in [-0.15, -0.1) is 0 Å². The topological polar surface area (TPSA) is 63.3 Å². The Balaban J connectivity index is 1.39. The van der Waals surface area contributed by atoms with Crippen LogP contribution in [-0.2, 0) is 6.54 Å². The zero-order valence-electron chi connectivity index (χ0n) is 16.8. The summed E-state index contributed by atoms with van der Waals surface area (Å²) in [6, 6.07) is 21.8. The van der Waals surface area contributed by atoms with E-state index in [1.54, 1.807) is 14.2 Å². The number of hydrogen-bond donors (Lipinski definition) is 2. The normalized spacial score (nSPS) is 10.7. The van der Waals surface area contributed by atoms with Gasteiger partial charge in [0.25, 0.3) is 0 Å². The molecule has 0 bridgehead atoms. The molecule has 0 aliphatic carbocycles. The van der Waals surface area contributed by atoms with Gasteiger partial charge in [-0.25, -0.2) is 0 Å². The molecule has 0 aliphatic rings. The molecule has 2 N–H and O–H groups in total. The van der Waals surface area contributed by atoms with Gasteiger partial charge in [0.2, 0.25) is 0 Å². The Labute approximate surface area is 181 Å². The zero-order valence-corrected chi connectivity index (χ0v) is 18.5. The van der Waals surface area contributed by atoms with Gasteiger partial charge in [-0.05, 0) is 0 Å². The summed E-state index contributed by atoms with van der Waals surface area (Å²) in [7, 11) is 3.20. The number of para-hydroxylation sites is 1. The number of H-pyrrole nitrogens is 1. The van der Waals surface area contributed by atoms with Gasteiger partial charge in [0.05, 0.1) is 7.11 Å². The number of benzene rings is 3. The number of fused-ring (bicyclic) bond motifs is 1. The number of aromatic nitrogens is 1. The van der Waals surface area contributed by atoms with Gasteiger partial charge in [0, 0.05) is 0 Å². The molecule has 152 valence electrons. The van der Waals surface area contributed by atoms with E-state index in [2.05, 4.69) is 34.7 Å². The van der Waals surface area contributed by atoms with Gasteiger partial charge >= 0.3 is 174 Å². The second-order valence-corrected chi connectivity index (χ2v) is 9.04. The molecule has 1 heterocycles. The van der Waals surface area contributed by atoms with E-state index < -0.39 is 0 Å². The molecule has 5 nitrogen and oxygen atoms in total. The molecule has 0 aliphatic heterocycles. The number of amides is 1. The standard InChI is InChI=1S/C24H22N2O3Se/c1-28-21-12-7-16(13-22(21)29-2)14-26-24(27)17-8-10-18(11-9-17)30-23-15-25-20-6-4-3-5-19(20)23/h3-13,15,25H,14H2,1-2H3,(H,26,27). The fourth-order valence-electron chi connectivity index (χ4n) is 3.21. The average molecular weight is 465 g/mol. The number of nitrogens with one attached hydrogen (secondary N) is 2. The summed E-state index contributed by atoms with van der Waals surface area (Å²) in [6.45, 7) is 0.417. The first-order chi connectivity index (χ1) is 14.7. The summed E-state index contributed by atoms with van der Waals surface area (Å²) in [5.74, 6) is 1.21. The number of methoxy groups -OCH3 is 2. The van der Waals surface area contributed by atoms with Gasteiger partial charge in [-0.1, -0.05) is 0 Å². The average Bonchev–Trinajstić information content (AvgIpc) is 3.20. The van der Waals surface area contributed by atoms with Crippen LogP contribution < -0.4 is 23.7 Å². The Morgan fingerprint density at radius 1 is 0.967 bits per heavy atom. The van der Waals surface area contributed by atoms with E-state index in [1.807, 2.05) is 48.5 Å². The van der Waals surface area contributed by atoms with E-state index >= 15 is 0 Å². The predicted molar refractivity (Wildman–Crippen MR) is 120 cm³/mol. The van der Waals surface area contributed by atoms with Crippen molar-refractivity contribution in [1.82, 2.24) is 10.3 Å². The summed E-state index contributed by atoms with van der Waals surface area (Å²) in [5, 5.41) is 4.22. The monoisotopic (exact) mass is 466 g/mol. The molecule has 1 amide bonds. The van der Waals surface area contributed by atoms with Crippen LogP contribution in [0.15, 0.2) is 72.9 Å². The molecular formula is C24H22N2O3Se. The van der Waals surface area contributed by atoms with Gasteiger partial charge in [0.15, 0.2) is 0 Å². The van der Waals surface area contributed by atoms with Crippen LogP contribution in [0.1, 0.15) is 15.9 Å². The molecule has 0 spiro atoms. The molecule has 30 heavy (non-hydrogen) atoms. The van der Waals surface area contributed by atoms with Crippen LogP contribution in [0.25, 0.3) is 10.9 Å². The molecular weight excluding hydrogens is 443 g/mol. The number of hydrogen-bond acceptors (Lipinski definition) is 3. The van der Waals surface area contributed by atoms with Crippen molar-refractivity contribution in [3.63, 3.8) is 0 Å². The van der Waals surface area contributed by atoms with Gasteiger partial charge in [-0.2, -0.15) is 0 Å². The van der Waals surface area contributed by atoms with Crippen LogP contribution in [0, 0.1) is 0 Å². The molecule has 0 saturated heterocycles. The Morgan fingerprint density at radius 2 is 1.73 bits per heavy atom. The van der Waals surface area contributed by atoms with Crippen LogP contribution in [-0.4, -0.2) is 40.1 Å². The van der Waals surface area contributed by atoms with Crippen LogP contribution in [0.5, 0.6) is 11.5 Å². The number of rotatable bonds is 7. The minimum atomic E-state index is -0.101. The summed E-state index contributed by atoms with van der Waals surface area (Å²) in [5.41, 5.74) is 2.75. The molecule has 0 fully saturated rings. The second kappa shape index (κ2) is 9.07. The maximum absolute atomic E-state index is 12.5. The molecule has 3 aromatic carbocycles. The minimum absolute atomic E-state index is 0.101. The first kappa shape index (κ1) is 20.1. The van der Waals surface area contributed by atoms with Crippen LogP contribution in [0.4, 0.5) is 0 Å². The number of aromatic amines is 1. The van der Waals surface area contributed by atoms with Crippen molar-refractivity contribution in [2.24, 2.45) is 0 Å². The van der Waals surface area contributed by atoms with Crippen molar-refractivity contribution < 1.29 is 14.3 Å². The van der Waals surface area contributed by atoms with Crippen LogP contribution in [0.3, 0.4) is 0 Å². The van der Waals surface area contributed by atoms with Crippen molar-refractivity contribution in [2.75, 3.05) is 14.2 Å². The van der Waals surface area contributed by atoms with Gasteiger partial charge < -0.3 is 0 Å². The van der Waals surface area contributed by atoms with E-state index in [0.717, 1.165) is 11.1 Å². The third kappa shape index (κ3) is 4.35. The first-order valence-corrected chi connectivity index (χ1v) is 11.2. The molecule has 0 unspecified atom stereocenters. The molecule has 4 rings (SSSR count). The van der Waals surface area contributed by atoms with Gasteiger partial charge in [0.1, 0.15) is 0 Å². The summed E-state index contributed by atoms with van der Waals surface area (Å²) in [6.07, 6.45) is 2.08. The van der Waals surface area contributed by atoms with Gasteiger partial charge in [-0.3, -0.25) is 0 Å². The second-order valence-electron chi connectivity index (χ2n) is 6.70. The Kier molecular flexibility index (Phi) is 6.07. The van der Waals surface area contributed by atoms with E-state index in [4.69, 9.17) is 9.47 Å². The van der Waals surface area contributed by atoms with Crippen LogP contribution >= 0.6 is 0 Å². The Bertz CT molecular complexity index is 1170. The Hall–Kier alpha value is -3.21. The van der Waals surface area contributed by atoms with E-state index in [9.17, 15) is 4.79 Å². The van der Waals surface area contributed by atoms with Crippen molar-refractivity contribution in [3.8, 4) is 11.5 Å². The molecule has 0 atom stereocenters. The number of carbonyl (C=O) groups is 1. The third-order valence-electron chi connectivity index (χ3n) is 4.80. The van der Waals surface area contributed by atoms with E-state index in [-0.39, 0.29) is 20.9 Å². The number of carbonyl (C=O) groups excluding carboxylic acids is 1. The molecule has 4 aromatic rings. The Morgan fingerprint density at radius 3 is 2.50 bits per heavy atom. The van der Waals surface area contributed by atoms with Crippen molar-refractivity contribution in [2.45, 2.75) is 6.54 Å². The van der Waals surface area contributed by atoms with Crippen molar-refractivity contribution in [1.29, 1.82) is 0 Å². The van der Waals surface area contributed by atoms with E-state index in [1.165, 1.54) is 14.3 Å². The SMILES string of the molecule is COc1ccc(CNC(=O)c2ccc([Se]c3c[nH]c4ccccc34)cc2)cc1OC. The van der Waals surface area contributed by atoms with Crippen LogP contribution in [0.2, 0.25) is 0 Å². The number of ether oxygens (including phenoxy) is 2. The molecule has 6 heteroatoms. The summed E-state index contributed by atoms with van der Waals surface area (Å²) in [4.78, 5) is 15.9. The fourth-order valence-corrected chi connectivity index (χ4v) is 5.16. The van der Waals surface area contributed by atoms with E-state index in [0.29, 0.717) is 23.6 Å². The zero-order chi connectivity index (χ0) is 20.9. The quantitative estimate of drug-likeness (QED) is 0.413. The summed E-state index contributed by atoms with van der Waals surface area (Å²) >= 11 is 0.175. The third-order valence-corrected chi connectivity index (χ3v) is 7.03. The predicted octanol–water partition coefficient (Wildman–Crippen LogP) is 2.77. The first-order valence-electron chi connectivity index (χ1n) is 9.51. The molecule has 0 radical (unpaired) electrons. The molecule has 1 aromatic heterocycles.